The highest BCUT2D eigenvalue weighted by Crippen LogP contribution is 2.25. The molecule has 2 heterocycles. The Hall–Kier alpha value is -6.49. The van der Waals surface area contributed by atoms with Crippen molar-refractivity contribution in [2.45, 2.75) is 217 Å². The van der Waals surface area contributed by atoms with Gasteiger partial charge >= 0.3 is 0 Å². The molecule has 2 rings (SSSR count). The molecule has 28 nitrogen and oxygen atoms in total. The molecule has 29 heteroatoms. The lowest BCUT2D eigenvalue weighted by Crippen LogP contribution is -2.62. The first-order valence-corrected chi connectivity index (χ1v) is 28.8. The number of carbonyl (C=O) groups excluding carboxylic acids is 12. The molecular formula is C54H91ClN12O16. The predicted octanol–water partition coefficient (Wildman–Crippen LogP) is -2.80. The van der Waals surface area contributed by atoms with Crippen LogP contribution < -0.4 is 54.0 Å². The summed E-state index contributed by atoms with van der Waals surface area (Å²) in [7, 11) is 2.38. The van der Waals surface area contributed by atoms with Crippen LogP contribution in [0.3, 0.4) is 0 Å². The summed E-state index contributed by atoms with van der Waals surface area (Å²) < 4.78 is 5.40. The molecule has 12 amide bonds. The number of allylic oxidation sites excluding steroid dienone is 1. The Balaban J connectivity index is 2.79. The van der Waals surface area contributed by atoms with Crippen molar-refractivity contribution in [3.63, 3.8) is 0 Å². The molecule has 2 fully saturated rings. The van der Waals surface area contributed by atoms with Crippen LogP contribution in [0.1, 0.15) is 139 Å². The minimum Gasteiger partial charge on any atom is -0.391 e. The molecule has 1 unspecified atom stereocenters. The van der Waals surface area contributed by atoms with E-state index in [-0.39, 0.29) is 24.8 Å². The molecule has 0 saturated carbocycles. The molecule has 2 aliphatic heterocycles. The zero-order chi connectivity index (χ0) is 63.0. The summed E-state index contributed by atoms with van der Waals surface area (Å²) in [6, 6.07) is -12.8. The molecule has 83 heavy (non-hydrogen) atoms. The number of rotatable bonds is 20. The number of likely N-dealkylation sites (N-methyl/N-ethyl adjacent to an activating group) is 1. The van der Waals surface area contributed by atoms with Crippen molar-refractivity contribution in [1.29, 1.82) is 0 Å². The number of ether oxygens (including phenoxy) is 1. The molecule has 0 aromatic heterocycles. The van der Waals surface area contributed by atoms with Crippen LogP contribution in [0.4, 0.5) is 0 Å². The number of nitrogens with one attached hydrogen (secondary N) is 8. The Morgan fingerprint density at radius 3 is 1.86 bits per heavy atom. The lowest BCUT2D eigenvalue weighted by molar-refractivity contribution is -0.151. The Kier molecular flexibility index (Phi) is 31.1. The maximum Gasteiger partial charge on any atom is 0.268 e. The second-order valence-electron chi connectivity index (χ2n) is 21.7. The monoisotopic (exact) mass is 1200 g/mol. The molecule has 15 N–H and O–H groups in total. The maximum atomic E-state index is 14.7. The quantitative estimate of drug-likeness (QED) is 0.0333. The van der Waals surface area contributed by atoms with Crippen molar-refractivity contribution in [3.05, 3.63) is 11.8 Å². The van der Waals surface area contributed by atoms with Crippen molar-refractivity contribution in [2.75, 3.05) is 27.2 Å². The van der Waals surface area contributed by atoms with Crippen LogP contribution in [0.2, 0.25) is 0 Å². The lowest BCUT2D eigenvalue weighted by atomic mass is 9.90. The van der Waals surface area contributed by atoms with Crippen LogP contribution in [0.15, 0.2) is 11.8 Å². The summed E-state index contributed by atoms with van der Waals surface area (Å²) in [6.07, 6.45) is -0.603. The Morgan fingerprint density at radius 1 is 0.723 bits per heavy atom. The molecule has 0 aromatic rings. The molecule has 0 spiro atoms. The topological polar surface area (TPSA) is 430 Å². The molecule has 0 radical (unpaired) electrons. The third-order valence-electron chi connectivity index (χ3n) is 14.8. The number of amides is 12. The van der Waals surface area contributed by atoms with Gasteiger partial charge in [-0.15, -0.1) is 11.6 Å². The normalized spacial score (nSPS) is 27.3. The largest absolute Gasteiger partial charge is 0.391 e. The fraction of sp³-hybridized carbons (Fsp3) is 0.741. The minimum atomic E-state index is -2.02. The van der Waals surface area contributed by atoms with Gasteiger partial charge in [-0.3, -0.25) is 57.5 Å². The standard InChI is InChI=1S/C54H91ClN12O16/c1-11-32(55)20-17-15-13-14-16-19-28(5)41-45(73)52(80)62-40(27(3)4)49(77)59-33(12-2)47(75)64-43(30(7)69)51(79)65-42(29(6)68)50(78)60-34(22-23-37(56)70)46(74)58-26-39(72)61-44(31(8)83-10)54(82)66(9)36(25-38(57)71)53(81)67-24-18-21-35(67)48(76)63-41/h12,27-32,34-36,40-45,68-69,73H,11,13-26H2,1-10H3,(H2,56,70)(H2,57,71)(H,58,74)(H,59,77)(H,60,78)(H,61,72)(H,62,80)(H,63,76)(H,64,75)(H,65,79)/t28-,29+,30+,31+,32?,34-,35-,36-,40-,41+,42-,43-,44-,45+/m0/s1. The highest BCUT2D eigenvalue weighted by molar-refractivity contribution is 6.20. The van der Waals surface area contributed by atoms with E-state index in [4.69, 9.17) is 27.8 Å². The van der Waals surface area contributed by atoms with Gasteiger partial charge in [0.2, 0.25) is 59.1 Å². The maximum absolute atomic E-state index is 14.7. The van der Waals surface area contributed by atoms with Gasteiger partial charge in [0.25, 0.3) is 11.8 Å². The van der Waals surface area contributed by atoms with E-state index >= 15 is 0 Å². The number of nitrogens with zero attached hydrogens (tertiary/aromatic N) is 2. The lowest BCUT2D eigenvalue weighted by Gasteiger charge is -2.36. The number of aliphatic hydroxyl groups excluding tert-OH is 3. The summed E-state index contributed by atoms with van der Waals surface area (Å²) in [6.45, 7) is 10.9. The van der Waals surface area contributed by atoms with Crippen LogP contribution in [0, 0.1) is 11.8 Å². The number of alkyl halides is 1. The number of methoxy groups -OCH3 is 1. The molecule has 0 bridgehead atoms. The number of carbonyl (C=O) groups is 12. The van der Waals surface area contributed by atoms with Gasteiger partial charge in [-0.2, -0.15) is 0 Å². The molecule has 470 valence electrons. The molecule has 0 aromatic carbocycles. The summed E-state index contributed by atoms with van der Waals surface area (Å²) in [5, 5.41) is 52.6. The predicted molar refractivity (Wildman–Crippen MR) is 302 cm³/mol. The zero-order valence-corrected chi connectivity index (χ0v) is 50.2. The number of nitrogens with two attached hydrogens (primary N) is 2. The van der Waals surface area contributed by atoms with E-state index in [1.807, 2.05) is 6.92 Å². The van der Waals surface area contributed by atoms with Crippen LogP contribution in [-0.2, 0) is 62.3 Å². The fourth-order valence-electron chi connectivity index (χ4n) is 9.51. The van der Waals surface area contributed by atoms with E-state index in [0.717, 1.165) is 75.3 Å². The number of halogens is 1. The van der Waals surface area contributed by atoms with Crippen LogP contribution in [-0.4, -0.2) is 201 Å². The van der Waals surface area contributed by atoms with Gasteiger partial charge in [-0.05, 0) is 78.1 Å². The number of primary amides is 2. The van der Waals surface area contributed by atoms with Crippen LogP contribution in [0.25, 0.3) is 0 Å². The third kappa shape index (κ3) is 22.9. The van der Waals surface area contributed by atoms with E-state index < -0.39 is 187 Å². The average Bonchev–Trinajstić information content (AvgIpc) is 4.16. The molecule has 2 saturated heterocycles. The van der Waals surface area contributed by atoms with Crippen LogP contribution in [0.5, 0.6) is 0 Å². The van der Waals surface area contributed by atoms with Crippen molar-refractivity contribution in [1.82, 2.24) is 52.3 Å². The van der Waals surface area contributed by atoms with E-state index in [0.29, 0.717) is 12.8 Å². The zero-order valence-electron chi connectivity index (χ0n) is 49.4. The summed E-state index contributed by atoms with van der Waals surface area (Å²) in [4.78, 5) is 167. The number of unbranched alkanes of at least 4 members (excludes halogenated alkanes) is 4. The van der Waals surface area contributed by atoms with Gasteiger partial charge in [-0.25, -0.2) is 0 Å². The number of aliphatic hydroxyl groups is 3. The Bertz CT molecular complexity index is 2310. The average molecular weight is 1200 g/mol. The van der Waals surface area contributed by atoms with Gasteiger partial charge in [-0.1, -0.05) is 65.9 Å². The summed E-state index contributed by atoms with van der Waals surface area (Å²) in [5.41, 5.74) is 10.5. The fourth-order valence-corrected chi connectivity index (χ4v) is 9.67. The summed E-state index contributed by atoms with van der Waals surface area (Å²) >= 11 is 6.30. The minimum absolute atomic E-state index is 0.0427. The van der Waals surface area contributed by atoms with E-state index in [2.05, 4.69) is 42.5 Å². The molecule has 14 atom stereocenters. The summed E-state index contributed by atoms with van der Waals surface area (Å²) in [5.74, 6) is -13.7. The molecule has 2 aliphatic rings. The van der Waals surface area contributed by atoms with Gasteiger partial charge in [0.1, 0.15) is 48.0 Å². The van der Waals surface area contributed by atoms with E-state index in [1.54, 1.807) is 20.8 Å². The number of hydrogen-bond acceptors (Lipinski definition) is 16. The second kappa shape index (κ2) is 35.6. The van der Waals surface area contributed by atoms with Crippen molar-refractivity contribution >= 4 is 82.5 Å². The third-order valence-corrected chi connectivity index (χ3v) is 15.3. The smallest absolute Gasteiger partial charge is 0.268 e. The van der Waals surface area contributed by atoms with Gasteiger partial charge in [0.15, 0.2) is 6.10 Å². The van der Waals surface area contributed by atoms with Crippen molar-refractivity contribution < 1.29 is 77.6 Å². The number of fused-ring (bicyclic) bond motifs is 1. The van der Waals surface area contributed by atoms with Crippen molar-refractivity contribution in [3.8, 4) is 0 Å². The van der Waals surface area contributed by atoms with E-state index in [1.165, 1.54) is 21.0 Å². The second-order valence-corrected chi connectivity index (χ2v) is 22.4. The Morgan fingerprint density at radius 2 is 1.30 bits per heavy atom. The first kappa shape index (κ1) is 72.6. The van der Waals surface area contributed by atoms with Crippen LogP contribution >= 0.6 is 11.6 Å². The Labute approximate surface area is 490 Å². The van der Waals surface area contributed by atoms with Gasteiger partial charge < -0.3 is 83.9 Å². The highest BCUT2D eigenvalue weighted by atomic mass is 35.5. The van der Waals surface area contributed by atoms with Crippen molar-refractivity contribution in [2.24, 2.45) is 23.3 Å². The SMILES string of the molecule is CC=C1NC(=O)[C@H](C(C)C)NC(=O)[C@H](O)[C@@H]([C@@H](C)CCCCCCCC(Cl)CC)NC(=O)[C@@H]2CCCN2C(=O)[C@H](CC(N)=O)N(C)C(=O)[C@H]([C@@H](C)OC)NC(=O)CNC(=O)[C@H](CCC(N)=O)NC(=O)[C@H]([C@@H](C)O)NC(=O)[C@H]([C@@H](C)O)NC1=O. The molecule has 0 aliphatic carbocycles. The number of hydrogen-bond donors (Lipinski definition) is 13. The van der Waals surface area contributed by atoms with Gasteiger partial charge in [0.05, 0.1) is 37.3 Å². The van der Waals surface area contributed by atoms with Gasteiger partial charge in [0, 0.05) is 32.5 Å². The highest BCUT2D eigenvalue weighted by Gasteiger charge is 2.44. The molecular weight excluding hydrogens is 1110 g/mol. The van der Waals surface area contributed by atoms with E-state index in [9.17, 15) is 72.9 Å². The first-order valence-electron chi connectivity index (χ1n) is 28.3. The first-order chi connectivity index (χ1) is 38.9.